The molecule has 23 heteroatoms. The van der Waals surface area contributed by atoms with Crippen LogP contribution in [0.3, 0.4) is 0 Å². The first-order valence-electron chi connectivity index (χ1n) is 30.1. The molecule has 4 amide bonds. The Morgan fingerprint density at radius 2 is 1.01 bits per heavy atom. The second-order valence-corrected chi connectivity index (χ2v) is 25.2. The fourth-order valence-electron chi connectivity index (χ4n) is 11.1. The number of hydrogen-bond donors (Lipinski definition) is 5. The number of hydrogen-bond acceptors (Lipinski definition) is 17. The summed E-state index contributed by atoms with van der Waals surface area (Å²) in [5, 5.41) is 63.6. The number of nitriles is 4. The van der Waals surface area contributed by atoms with Gasteiger partial charge in [0.1, 0.15) is 17.5 Å². The van der Waals surface area contributed by atoms with E-state index in [9.17, 15) is 45.2 Å². The van der Waals surface area contributed by atoms with Crippen LogP contribution in [0, 0.1) is 78.9 Å². The fourth-order valence-corrected chi connectivity index (χ4v) is 11.1. The molecule has 6 aromatic rings. The summed E-state index contributed by atoms with van der Waals surface area (Å²) in [7, 11) is 0. The number of aryl methyl sites for hydroxylation is 4. The molecule has 0 saturated carbocycles. The average molecular weight is 1230 g/mol. The minimum absolute atomic E-state index is 0.0555. The summed E-state index contributed by atoms with van der Waals surface area (Å²) in [6.07, 6.45) is 0.259. The van der Waals surface area contributed by atoms with Crippen LogP contribution in [0.4, 0.5) is 32.9 Å². The first-order chi connectivity index (χ1) is 43.0. The van der Waals surface area contributed by atoms with Crippen molar-refractivity contribution in [3.63, 3.8) is 0 Å². The SMILES string of the molecule is Cc1cc(C#N)cc(C)c1Oc1nc(Nc2ccc(C#N)cc2)nc2c1CN(C(=O)[C@@H](N)CC(C)C)CC2.Cc1cc(C#N)cc(C)c1Oc1nc(Nc2ccc(C#N)cc2)nc2c1CN(C(=O)[C@H](CCCCN(C(=O)O)C(C)(C)C)N(C(=O)O)C(C)(C)C)CC2. The Hall–Kier alpha value is -10.4. The van der Waals surface area contributed by atoms with E-state index in [0.29, 0.717) is 114 Å². The molecule has 0 spiro atoms. The fraction of sp³-hybridized carbons (Fsp3) is 0.412. The highest BCUT2D eigenvalue weighted by atomic mass is 16.5. The van der Waals surface area contributed by atoms with Crippen LogP contribution in [-0.2, 0) is 35.5 Å². The van der Waals surface area contributed by atoms with Gasteiger partial charge in [0, 0.05) is 54.9 Å². The number of carboxylic acid groups (broad SMARTS) is 2. The smallest absolute Gasteiger partial charge is 0.408 e. The number of rotatable bonds is 18. The second-order valence-electron chi connectivity index (χ2n) is 25.2. The number of anilines is 4. The number of benzene rings is 4. The minimum Gasteiger partial charge on any atom is -0.465 e. The molecule has 0 unspecified atom stereocenters. The third-order valence-corrected chi connectivity index (χ3v) is 15.5. The predicted molar refractivity (Wildman–Crippen MR) is 342 cm³/mol. The van der Waals surface area contributed by atoms with E-state index in [4.69, 9.17) is 35.4 Å². The Bertz CT molecular complexity index is 3820. The van der Waals surface area contributed by atoms with Crippen LogP contribution in [0.2, 0.25) is 0 Å². The highest BCUT2D eigenvalue weighted by Crippen LogP contribution is 2.38. The number of nitrogens with zero attached hydrogens (tertiary/aromatic N) is 12. The summed E-state index contributed by atoms with van der Waals surface area (Å²) < 4.78 is 12.9. The molecule has 2 aliphatic heterocycles. The number of fused-ring (bicyclic) bond motifs is 2. The molecule has 0 saturated heterocycles. The minimum atomic E-state index is -1.23. The van der Waals surface area contributed by atoms with Gasteiger partial charge in [-0.2, -0.15) is 31.0 Å². The molecule has 2 aliphatic rings. The first-order valence-corrected chi connectivity index (χ1v) is 30.1. The van der Waals surface area contributed by atoms with Crippen LogP contribution in [0.15, 0.2) is 72.8 Å². The van der Waals surface area contributed by atoms with Crippen molar-refractivity contribution in [2.45, 2.75) is 158 Å². The molecule has 0 radical (unpaired) electrons. The summed E-state index contributed by atoms with van der Waals surface area (Å²) in [5.74, 6) is 2.10. The quantitative estimate of drug-likeness (QED) is 0.0499. The van der Waals surface area contributed by atoms with Gasteiger partial charge in [-0.15, -0.1) is 0 Å². The number of aromatic nitrogens is 4. The molecule has 4 aromatic carbocycles. The molecule has 23 nitrogen and oxygen atoms in total. The maximum Gasteiger partial charge on any atom is 0.408 e. The third kappa shape index (κ3) is 17.3. The highest BCUT2D eigenvalue weighted by molar-refractivity contribution is 5.86. The lowest BCUT2D eigenvalue weighted by Crippen LogP contribution is -2.58. The van der Waals surface area contributed by atoms with Crippen molar-refractivity contribution in [3.8, 4) is 47.5 Å². The molecule has 2 atom stereocenters. The summed E-state index contributed by atoms with van der Waals surface area (Å²) in [6, 6.07) is 27.7. The van der Waals surface area contributed by atoms with Crippen LogP contribution in [0.5, 0.6) is 23.3 Å². The van der Waals surface area contributed by atoms with Crippen molar-refractivity contribution in [1.82, 2.24) is 39.5 Å². The Morgan fingerprint density at radius 1 is 0.604 bits per heavy atom. The van der Waals surface area contributed by atoms with Crippen LogP contribution < -0.4 is 25.8 Å². The van der Waals surface area contributed by atoms with E-state index in [1.807, 2.05) is 62.3 Å². The monoisotopic (exact) mass is 1230 g/mol. The van der Waals surface area contributed by atoms with Crippen LogP contribution in [-0.4, -0.2) is 117 Å². The first kappa shape index (κ1) is 68.1. The average Bonchev–Trinajstić information content (AvgIpc) is 2.26. The molecule has 0 fully saturated rings. The lowest BCUT2D eigenvalue weighted by atomic mass is 9.97. The standard InChI is InChI=1S/C39H48N8O6.C29H31N7O2/c1-24-19-27(22-41)20-25(2)32(24)53-33-29-23-45(18-16-30(29)43-35(44-33)42-28-14-12-26(21-40)13-15-28)34(48)31(47(37(51)52)39(6,7)8)11-9-10-17-46(36(49)50)38(3,4)5;1-17(2)11-24(32)28(37)36-10-9-25-23(16-36)27(38-26-18(3)12-21(15-31)13-19(26)4)35-29(34-25)33-22-7-5-20(14-30)6-8-22/h12-15,19-20,31H,9-11,16-18,23H2,1-8H3,(H,49,50)(H,51,52)(H,42,43,44);5-8,12-13,17,24H,9-11,16,32H2,1-4H3,(H,33,34,35)/t31-;24-/m00/s1. The number of unbranched alkanes of at least 4 members (excludes halogenated alkanes) is 1. The maximum atomic E-state index is 14.5. The van der Waals surface area contributed by atoms with Crippen molar-refractivity contribution in [2.24, 2.45) is 11.7 Å². The lowest BCUT2D eigenvalue weighted by molar-refractivity contribution is -0.139. The molecule has 6 N–H and O–H groups in total. The van der Waals surface area contributed by atoms with Gasteiger partial charge in [0.15, 0.2) is 0 Å². The van der Waals surface area contributed by atoms with Gasteiger partial charge in [-0.3, -0.25) is 14.5 Å². The molecule has 2 aromatic heterocycles. The van der Waals surface area contributed by atoms with Gasteiger partial charge < -0.3 is 50.8 Å². The van der Waals surface area contributed by atoms with E-state index in [0.717, 1.165) is 39.2 Å². The molecular formula is C68H79N15O8. The number of carbonyl (C=O) groups is 4. The van der Waals surface area contributed by atoms with Crippen LogP contribution in [0.25, 0.3) is 0 Å². The molecular weight excluding hydrogens is 1150 g/mol. The van der Waals surface area contributed by atoms with Gasteiger partial charge >= 0.3 is 12.2 Å². The molecule has 0 aliphatic carbocycles. The van der Waals surface area contributed by atoms with Crippen molar-refractivity contribution in [2.75, 3.05) is 30.3 Å². The number of amides is 4. The van der Waals surface area contributed by atoms with Crippen LogP contribution in [0.1, 0.15) is 148 Å². The van der Waals surface area contributed by atoms with Crippen molar-refractivity contribution >= 4 is 47.3 Å². The number of ether oxygens (including phenoxy) is 2. The summed E-state index contributed by atoms with van der Waals surface area (Å²) in [5.41, 5.74) is 13.9. The van der Waals surface area contributed by atoms with E-state index in [2.05, 4.69) is 39.9 Å². The number of nitrogens with one attached hydrogen (secondary N) is 2. The Morgan fingerprint density at radius 3 is 1.36 bits per heavy atom. The number of carbonyl (C=O) groups excluding carboxylic acids is 2. The largest absolute Gasteiger partial charge is 0.465 e. The molecule has 474 valence electrons. The lowest BCUT2D eigenvalue weighted by Gasteiger charge is -2.41. The molecule has 0 bridgehead atoms. The van der Waals surface area contributed by atoms with Gasteiger partial charge in [0.2, 0.25) is 35.5 Å². The molecule has 8 rings (SSSR count). The zero-order chi connectivity index (χ0) is 66.6. The normalized spacial score (nSPS) is 13.3. The van der Waals surface area contributed by atoms with E-state index in [-0.39, 0.29) is 49.7 Å². The molecule has 4 heterocycles. The predicted octanol–water partition coefficient (Wildman–Crippen LogP) is 12.0. The maximum absolute atomic E-state index is 14.5. The zero-order valence-corrected chi connectivity index (χ0v) is 53.7. The zero-order valence-electron chi connectivity index (χ0n) is 53.7. The van der Waals surface area contributed by atoms with Gasteiger partial charge in [-0.1, -0.05) is 13.8 Å². The summed E-state index contributed by atoms with van der Waals surface area (Å²) in [6.45, 7) is 23.5. The Labute approximate surface area is 531 Å². The van der Waals surface area contributed by atoms with Gasteiger partial charge in [-0.05, 0) is 196 Å². The van der Waals surface area contributed by atoms with Crippen molar-refractivity contribution in [1.29, 1.82) is 21.0 Å². The number of nitrogens with two attached hydrogens (primary N) is 1. The molecule has 91 heavy (non-hydrogen) atoms. The highest BCUT2D eigenvalue weighted by Gasteiger charge is 2.41. The van der Waals surface area contributed by atoms with E-state index in [1.54, 1.807) is 103 Å². The van der Waals surface area contributed by atoms with Crippen molar-refractivity contribution in [3.05, 3.63) is 140 Å². The Balaban J connectivity index is 0.000000272. The van der Waals surface area contributed by atoms with Gasteiger partial charge in [0.05, 0.1) is 88.2 Å². The van der Waals surface area contributed by atoms with E-state index >= 15 is 0 Å². The Kier molecular flexibility index (Phi) is 21.9. The van der Waals surface area contributed by atoms with E-state index < -0.39 is 35.3 Å². The topological polar surface area (TPSA) is 337 Å². The van der Waals surface area contributed by atoms with E-state index in [1.165, 1.54) is 9.80 Å². The second kappa shape index (κ2) is 29.3. The summed E-state index contributed by atoms with van der Waals surface area (Å²) >= 11 is 0. The summed E-state index contributed by atoms with van der Waals surface area (Å²) in [4.78, 5) is 77.0. The van der Waals surface area contributed by atoms with Gasteiger partial charge in [-0.25, -0.2) is 19.6 Å². The van der Waals surface area contributed by atoms with Crippen molar-refractivity contribution < 1.29 is 38.9 Å². The third-order valence-electron chi connectivity index (χ3n) is 15.5. The van der Waals surface area contributed by atoms with Crippen LogP contribution >= 0.6 is 0 Å². The van der Waals surface area contributed by atoms with Gasteiger partial charge in [0.25, 0.3) is 0 Å².